The van der Waals surface area contributed by atoms with E-state index in [9.17, 15) is 4.21 Å². The molecule has 0 amide bonds. The van der Waals surface area contributed by atoms with Crippen molar-refractivity contribution in [2.75, 3.05) is 11.5 Å². The van der Waals surface area contributed by atoms with E-state index >= 15 is 0 Å². The molecule has 0 fully saturated rings. The molecule has 1 aromatic rings. The summed E-state index contributed by atoms with van der Waals surface area (Å²) < 4.78 is 13.0. The minimum atomic E-state index is -0.966. The summed E-state index contributed by atoms with van der Waals surface area (Å²) >= 11 is 3.38. The summed E-state index contributed by atoms with van der Waals surface area (Å²) in [4.78, 5) is 0.759. The molecule has 0 heterocycles. The molecule has 0 aliphatic carbocycles. The highest BCUT2D eigenvalue weighted by Crippen LogP contribution is 2.22. The Morgan fingerprint density at radius 2 is 1.94 bits per heavy atom. The van der Waals surface area contributed by atoms with Crippen molar-refractivity contribution in [1.82, 2.24) is 0 Å². The van der Waals surface area contributed by atoms with Gasteiger partial charge in [0.2, 0.25) is 0 Å². The lowest BCUT2D eigenvalue weighted by atomic mass is 10.2. The van der Waals surface area contributed by atoms with Crippen LogP contribution in [0.15, 0.2) is 27.6 Å². The van der Waals surface area contributed by atoms with Crippen LogP contribution < -0.4 is 5.73 Å². The van der Waals surface area contributed by atoms with E-state index in [0.717, 1.165) is 22.2 Å². The van der Waals surface area contributed by atoms with E-state index in [2.05, 4.69) is 22.9 Å². The molecule has 0 spiro atoms. The van der Waals surface area contributed by atoms with E-state index in [4.69, 9.17) is 5.73 Å². The zero-order chi connectivity index (χ0) is 12.7. The van der Waals surface area contributed by atoms with Gasteiger partial charge in [-0.3, -0.25) is 4.21 Å². The molecule has 0 aromatic heterocycles. The van der Waals surface area contributed by atoms with Crippen molar-refractivity contribution in [3.05, 3.63) is 22.7 Å². The van der Waals surface area contributed by atoms with Crippen LogP contribution in [0.3, 0.4) is 0 Å². The number of nitrogens with two attached hydrogens (primary N) is 1. The van der Waals surface area contributed by atoms with E-state index in [1.807, 2.05) is 12.1 Å². The molecule has 0 saturated heterocycles. The van der Waals surface area contributed by atoms with Crippen molar-refractivity contribution in [3.63, 3.8) is 0 Å². The standard InChI is InChI=1S/C13H20BrNOS/c1-2-3-4-5-6-9-17(16)13-10-11(14)7-8-12(13)15/h7-8,10H,2-6,9,15H2,1H3. The van der Waals surface area contributed by atoms with Crippen LogP contribution in [0, 0.1) is 0 Å². The largest absolute Gasteiger partial charge is 0.398 e. The smallest absolute Gasteiger partial charge is 0.0628 e. The molecule has 1 rings (SSSR count). The Bertz CT molecular complexity index is 382. The summed E-state index contributed by atoms with van der Waals surface area (Å²) in [5, 5.41) is 0. The molecule has 0 radical (unpaired) electrons. The Balaban J connectivity index is 2.44. The van der Waals surface area contributed by atoms with Gasteiger partial charge >= 0.3 is 0 Å². The first-order valence-corrected chi connectivity index (χ1v) is 8.19. The van der Waals surface area contributed by atoms with Crippen LogP contribution >= 0.6 is 15.9 Å². The lowest BCUT2D eigenvalue weighted by Crippen LogP contribution is -2.02. The van der Waals surface area contributed by atoms with Gasteiger partial charge in [0.1, 0.15) is 0 Å². The van der Waals surface area contributed by atoms with E-state index in [1.54, 1.807) is 6.07 Å². The lowest BCUT2D eigenvalue weighted by molar-refractivity contribution is 0.647. The molecule has 2 nitrogen and oxygen atoms in total. The van der Waals surface area contributed by atoms with E-state index in [-0.39, 0.29) is 0 Å². The fourth-order valence-electron chi connectivity index (χ4n) is 1.65. The van der Waals surface area contributed by atoms with Crippen LogP contribution in [0.1, 0.15) is 39.0 Å². The molecule has 0 aliphatic rings. The first-order chi connectivity index (χ1) is 8.15. The highest BCUT2D eigenvalue weighted by atomic mass is 79.9. The van der Waals surface area contributed by atoms with Gasteiger partial charge in [0.25, 0.3) is 0 Å². The van der Waals surface area contributed by atoms with Gasteiger partial charge in [-0.2, -0.15) is 0 Å². The van der Waals surface area contributed by atoms with Gasteiger partial charge in [-0.05, 0) is 24.6 Å². The molecule has 4 heteroatoms. The minimum Gasteiger partial charge on any atom is -0.398 e. The average Bonchev–Trinajstić information content (AvgIpc) is 2.32. The number of rotatable bonds is 7. The normalized spacial score (nSPS) is 12.6. The van der Waals surface area contributed by atoms with Crippen LogP contribution in [-0.2, 0) is 10.8 Å². The van der Waals surface area contributed by atoms with Gasteiger partial charge in [-0.15, -0.1) is 0 Å². The van der Waals surface area contributed by atoms with Gasteiger partial charge in [-0.25, -0.2) is 0 Å². The maximum absolute atomic E-state index is 12.1. The second kappa shape index (κ2) is 7.88. The summed E-state index contributed by atoms with van der Waals surface area (Å²) in [7, 11) is -0.966. The number of unbranched alkanes of at least 4 members (excludes halogenated alkanes) is 4. The van der Waals surface area contributed by atoms with E-state index in [0.29, 0.717) is 11.4 Å². The van der Waals surface area contributed by atoms with Crippen molar-refractivity contribution in [1.29, 1.82) is 0 Å². The van der Waals surface area contributed by atoms with Crippen LogP contribution in [0.5, 0.6) is 0 Å². The van der Waals surface area contributed by atoms with Gasteiger partial charge in [-0.1, -0.05) is 48.5 Å². The Labute approximate surface area is 115 Å². The monoisotopic (exact) mass is 317 g/mol. The first kappa shape index (κ1) is 14.7. The number of halogens is 1. The minimum absolute atomic E-state index is 0.625. The zero-order valence-electron chi connectivity index (χ0n) is 10.2. The molecule has 96 valence electrons. The summed E-state index contributed by atoms with van der Waals surface area (Å²) in [6.07, 6.45) is 5.92. The van der Waals surface area contributed by atoms with Gasteiger partial charge in [0, 0.05) is 15.9 Å². The highest BCUT2D eigenvalue weighted by molar-refractivity contribution is 9.10. The van der Waals surface area contributed by atoms with Crippen LogP contribution in [0.4, 0.5) is 5.69 Å². The second-order valence-electron chi connectivity index (χ2n) is 4.15. The fraction of sp³-hybridized carbons (Fsp3) is 0.538. The quantitative estimate of drug-likeness (QED) is 0.607. The molecule has 17 heavy (non-hydrogen) atoms. The molecule has 2 N–H and O–H groups in total. The number of anilines is 1. The fourth-order valence-corrected chi connectivity index (χ4v) is 3.44. The van der Waals surface area contributed by atoms with Crippen molar-refractivity contribution < 1.29 is 4.21 Å². The van der Waals surface area contributed by atoms with Crippen molar-refractivity contribution in [2.24, 2.45) is 0 Å². The second-order valence-corrected chi connectivity index (χ2v) is 6.60. The molecular weight excluding hydrogens is 298 g/mol. The Morgan fingerprint density at radius 3 is 2.65 bits per heavy atom. The third kappa shape index (κ3) is 5.21. The molecule has 1 aromatic carbocycles. The summed E-state index contributed by atoms with van der Waals surface area (Å²) in [5.41, 5.74) is 6.45. The molecule has 1 atom stereocenters. The van der Waals surface area contributed by atoms with Crippen LogP contribution in [0.2, 0.25) is 0 Å². The lowest BCUT2D eigenvalue weighted by Gasteiger charge is -2.06. The predicted octanol–water partition coefficient (Wildman–Crippen LogP) is 4.11. The number of hydrogen-bond acceptors (Lipinski definition) is 2. The third-order valence-corrected chi connectivity index (χ3v) is 4.65. The summed E-state index contributed by atoms with van der Waals surface area (Å²) in [6.45, 7) is 2.19. The van der Waals surface area contributed by atoms with Crippen LogP contribution in [0.25, 0.3) is 0 Å². The zero-order valence-corrected chi connectivity index (χ0v) is 12.6. The summed E-state index contributed by atoms with van der Waals surface area (Å²) in [5.74, 6) is 0.713. The number of hydrogen-bond donors (Lipinski definition) is 1. The van der Waals surface area contributed by atoms with Gasteiger partial charge in [0.05, 0.1) is 15.7 Å². The molecule has 1 unspecified atom stereocenters. The van der Waals surface area contributed by atoms with Crippen molar-refractivity contribution in [3.8, 4) is 0 Å². The topological polar surface area (TPSA) is 43.1 Å². The maximum atomic E-state index is 12.1. The Hall–Kier alpha value is -0.350. The Morgan fingerprint density at radius 1 is 1.24 bits per heavy atom. The van der Waals surface area contributed by atoms with Gasteiger partial charge < -0.3 is 5.73 Å². The predicted molar refractivity (Wildman–Crippen MR) is 78.6 cm³/mol. The average molecular weight is 318 g/mol. The molecule has 0 aliphatic heterocycles. The summed E-state index contributed by atoms with van der Waals surface area (Å²) in [6, 6.07) is 5.53. The van der Waals surface area contributed by atoms with Crippen molar-refractivity contribution in [2.45, 2.75) is 43.9 Å². The Kier molecular flexibility index (Phi) is 6.82. The highest BCUT2D eigenvalue weighted by Gasteiger charge is 2.08. The third-order valence-electron chi connectivity index (χ3n) is 2.65. The van der Waals surface area contributed by atoms with Crippen molar-refractivity contribution >= 4 is 32.4 Å². The molecular formula is C13H20BrNOS. The van der Waals surface area contributed by atoms with Gasteiger partial charge in [0.15, 0.2) is 0 Å². The van der Waals surface area contributed by atoms with E-state index < -0.39 is 10.8 Å². The number of benzene rings is 1. The molecule has 0 saturated carbocycles. The van der Waals surface area contributed by atoms with E-state index in [1.165, 1.54) is 19.3 Å². The SMILES string of the molecule is CCCCCCCS(=O)c1cc(Br)ccc1N. The first-order valence-electron chi connectivity index (χ1n) is 6.08. The molecule has 0 bridgehead atoms. The van der Waals surface area contributed by atoms with Crippen LogP contribution in [-0.4, -0.2) is 9.96 Å². The number of nitrogen functional groups attached to an aromatic ring is 1. The maximum Gasteiger partial charge on any atom is 0.0628 e.